The van der Waals surface area contributed by atoms with E-state index in [4.69, 9.17) is 12.2 Å². The van der Waals surface area contributed by atoms with Crippen molar-refractivity contribution in [3.05, 3.63) is 45.7 Å². The van der Waals surface area contributed by atoms with E-state index in [9.17, 15) is 4.79 Å². The predicted molar refractivity (Wildman–Crippen MR) is 100 cm³/mol. The highest BCUT2D eigenvalue weighted by Crippen LogP contribution is 2.19. The van der Waals surface area contributed by atoms with Gasteiger partial charge in [0.05, 0.1) is 10.7 Å². The molecular formula is C19H24N2OS. The fourth-order valence-electron chi connectivity index (χ4n) is 3.06. The van der Waals surface area contributed by atoms with Crippen LogP contribution in [0.15, 0.2) is 34.1 Å². The average molecular weight is 328 g/mol. The van der Waals surface area contributed by atoms with Gasteiger partial charge in [-0.1, -0.05) is 44.7 Å². The molecule has 0 saturated heterocycles. The van der Waals surface area contributed by atoms with Gasteiger partial charge in [-0.15, -0.1) is 0 Å². The first-order valence-electron chi connectivity index (χ1n) is 8.35. The Labute approximate surface area is 143 Å². The minimum atomic E-state index is 0.131. The number of hydrogen-bond donors (Lipinski definition) is 0. The van der Waals surface area contributed by atoms with Crippen LogP contribution >= 0.6 is 12.2 Å². The first kappa shape index (κ1) is 17.6. The van der Waals surface area contributed by atoms with Crippen LogP contribution < -0.4 is 5.43 Å². The fourth-order valence-corrected chi connectivity index (χ4v) is 3.12. The Morgan fingerprint density at radius 2 is 1.91 bits per heavy atom. The van der Waals surface area contributed by atoms with Gasteiger partial charge >= 0.3 is 0 Å². The lowest BCUT2D eigenvalue weighted by Gasteiger charge is -2.17. The number of nitrogens with zero attached hydrogens (tertiary/aromatic N) is 2. The summed E-state index contributed by atoms with van der Waals surface area (Å²) in [7, 11) is 0. The zero-order chi connectivity index (χ0) is 16.7. The molecule has 23 heavy (non-hydrogen) atoms. The van der Waals surface area contributed by atoms with Crippen LogP contribution in [-0.4, -0.2) is 9.73 Å². The van der Waals surface area contributed by atoms with E-state index in [2.05, 4.69) is 21.6 Å². The second kappa shape index (κ2) is 8.76. The van der Waals surface area contributed by atoms with Gasteiger partial charge in [0.25, 0.3) is 0 Å². The molecule has 0 aliphatic carbocycles. The number of thiocarbonyl (C=S) groups is 1. The number of unbranched alkanes of at least 4 members (excludes halogenated alkanes) is 4. The van der Waals surface area contributed by atoms with Crippen LogP contribution in [0.1, 0.15) is 50.3 Å². The molecule has 122 valence electrons. The predicted octanol–water partition coefficient (Wildman–Crippen LogP) is 4.88. The van der Waals surface area contributed by atoms with Crippen molar-refractivity contribution in [2.75, 3.05) is 0 Å². The quantitative estimate of drug-likeness (QED) is 0.393. The van der Waals surface area contributed by atoms with E-state index < -0.39 is 0 Å². The van der Waals surface area contributed by atoms with Gasteiger partial charge < -0.3 is 4.57 Å². The standard InChI is InChI=1S/C19H24N2OS/c1-3-4-5-6-7-11-17-15(2)19(22)16-10-8-9-12-18(16)21(17)13-20-14-23/h8-10,12H,3-7,11,13H2,1-2H3. The molecule has 2 aromatic rings. The minimum Gasteiger partial charge on any atom is -0.323 e. The smallest absolute Gasteiger partial charge is 0.192 e. The first-order valence-corrected chi connectivity index (χ1v) is 8.76. The monoisotopic (exact) mass is 328 g/mol. The van der Waals surface area contributed by atoms with E-state index in [0.29, 0.717) is 6.67 Å². The number of aliphatic imine (C=N–C) groups is 1. The van der Waals surface area contributed by atoms with Crippen LogP contribution in [0.25, 0.3) is 10.9 Å². The lowest BCUT2D eigenvalue weighted by molar-refractivity contribution is 0.607. The number of fused-ring (bicyclic) bond motifs is 1. The summed E-state index contributed by atoms with van der Waals surface area (Å²) in [6.07, 6.45) is 6.97. The molecule has 0 atom stereocenters. The van der Waals surface area contributed by atoms with Crippen LogP contribution in [0.2, 0.25) is 0 Å². The number of aromatic nitrogens is 1. The largest absolute Gasteiger partial charge is 0.323 e. The summed E-state index contributed by atoms with van der Waals surface area (Å²) >= 11 is 4.72. The molecule has 0 unspecified atom stereocenters. The van der Waals surface area contributed by atoms with Crippen molar-refractivity contribution in [2.24, 2.45) is 4.99 Å². The molecule has 0 aliphatic heterocycles. The Morgan fingerprint density at radius 1 is 1.17 bits per heavy atom. The van der Waals surface area contributed by atoms with Crippen LogP contribution in [0.4, 0.5) is 0 Å². The molecule has 0 bridgehead atoms. The summed E-state index contributed by atoms with van der Waals surface area (Å²) < 4.78 is 2.12. The van der Waals surface area contributed by atoms with E-state index in [0.717, 1.165) is 35.0 Å². The second-order valence-corrected chi connectivity index (χ2v) is 6.08. The maximum atomic E-state index is 12.6. The van der Waals surface area contributed by atoms with Crippen molar-refractivity contribution in [1.29, 1.82) is 0 Å². The van der Waals surface area contributed by atoms with Gasteiger partial charge in [-0.2, -0.15) is 0 Å². The molecule has 0 aliphatic rings. The third-order valence-corrected chi connectivity index (χ3v) is 4.46. The Hall–Kier alpha value is -1.77. The van der Waals surface area contributed by atoms with Gasteiger partial charge in [0, 0.05) is 16.6 Å². The number of hydrogen-bond acceptors (Lipinski definition) is 3. The highest BCUT2D eigenvalue weighted by atomic mass is 32.1. The summed E-state index contributed by atoms with van der Waals surface area (Å²) in [5, 5.41) is 3.18. The Bertz CT molecular complexity index is 773. The Balaban J connectivity index is 2.41. The third-order valence-electron chi connectivity index (χ3n) is 4.33. The van der Waals surface area contributed by atoms with Gasteiger partial charge in [-0.25, -0.2) is 4.99 Å². The zero-order valence-corrected chi connectivity index (χ0v) is 14.8. The van der Waals surface area contributed by atoms with Crippen LogP contribution in [0.3, 0.4) is 0 Å². The molecule has 0 radical (unpaired) electrons. The second-order valence-electron chi connectivity index (χ2n) is 5.90. The Kier molecular flexibility index (Phi) is 6.69. The van der Waals surface area contributed by atoms with Crippen molar-refractivity contribution < 1.29 is 0 Å². The van der Waals surface area contributed by atoms with Gasteiger partial charge in [-0.05, 0) is 44.1 Å². The molecule has 0 amide bonds. The van der Waals surface area contributed by atoms with Crippen molar-refractivity contribution in [3.63, 3.8) is 0 Å². The van der Waals surface area contributed by atoms with Crippen molar-refractivity contribution in [3.8, 4) is 0 Å². The van der Waals surface area contributed by atoms with Crippen molar-refractivity contribution in [1.82, 2.24) is 4.57 Å². The molecule has 0 N–H and O–H groups in total. The lowest BCUT2D eigenvalue weighted by atomic mass is 10.0. The summed E-state index contributed by atoms with van der Waals surface area (Å²) in [6, 6.07) is 7.73. The molecule has 0 fully saturated rings. The molecular weight excluding hydrogens is 304 g/mol. The number of benzene rings is 1. The van der Waals surface area contributed by atoms with E-state index in [1.165, 1.54) is 25.7 Å². The molecule has 0 spiro atoms. The third kappa shape index (κ3) is 4.15. The van der Waals surface area contributed by atoms with E-state index in [1.807, 2.05) is 31.2 Å². The topological polar surface area (TPSA) is 34.4 Å². The van der Waals surface area contributed by atoms with Gasteiger partial charge in [0.1, 0.15) is 6.67 Å². The lowest BCUT2D eigenvalue weighted by Crippen LogP contribution is -2.18. The van der Waals surface area contributed by atoms with Gasteiger partial charge in [-0.3, -0.25) is 4.79 Å². The van der Waals surface area contributed by atoms with Crippen LogP contribution in [0, 0.1) is 6.92 Å². The highest BCUT2D eigenvalue weighted by Gasteiger charge is 2.13. The van der Waals surface area contributed by atoms with Gasteiger partial charge in [0.2, 0.25) is 0 Å². The van der Waals surface area contributed by atoms with E-state index >= 15 is 0 Å². The van der Waals surface area contributed by atoms with Crippen molar-refractivity contribution in [2.45, 2.75) is 59.0 Å². The number of para-hydroxylation sites is 1. The SMILES string of the molecule is CCCCCCCc1c(C)c(=O)c2ccccc2n1CN=C=S. The number of pyridine rings is 1. The van der Waals surface area contributed by atoms with E-state index in [-0.39, 0.29) is 5.43 Å². The molecule has 1 heterocycles. The summed E-state index contributed by atoms with van der Waals surface area (Å²) in [4.78, 5) is 16.7. The maximum Gasteiger partial charge on any atom is 0.192 e. The van der Waals surface area contributed by atoms with Gasteiger partial charge in [0.15, 0.2) is 5.43 Å². The van der Waals surface area contributed by atoms with Crippen LogP contribution in [0.5, 0.6) is 0 Å². The average Bonchev–Trinajstić information content (AvgIpc) is 2.58. The summed E-state index contributed by atoms with van der Waals surface area (Å²) in [6.45, 7) is 4.57. The zero-order valence-electron chi connectivity index (χ0n) is 14.0. The van der Waals surface area contributed by atoms with E-state index in [1.54, 1.807) is 0 Å². The highest BCUT2D eigenvalue weighted by molar-refractivity contribution is 7.78. The summed E-state index contributed by atoms with van der Waals surface area (Å²) in [5.74, 6) is 0. The first-order chi connectivity index (χ1) is 11.2. The summed E-state index contributed by atoms with van der Waals surface area (Å²) in [5.41, 5.74) is 2.98. The number of rotatable bonds is 8. The molecule has 4 heteroatoms. The normalized spacial score (nSPS) is 10.7. The molecule has 2 rings (SSSR count). The van der Waals surface area contributed by atoms with Crippen molar-refractivity contribution >= 4 is 28.3 Å². The van der Waals surface area contributed by atoms with Crippen LogP contribution in [-0.2, 0) is 13.1 Å². The fraction of sp³-hybridized carbons (Fsp3) is 0.474. The maximum absolute atomic E-state index is 12.6. The molecule has 3 nitrogen and oxygen atoms in total. The minimum absolute atomic E-state index is 0.131. The molecule has 1 aromatic heterocycles. The Morgan fingerprint density at radius 3 is 2.65 bits per heavy atom. The molecule has 1 aromatic carbocycles. The number of isothiocyanates is 1. The molecule has 0 saturated carbocycles.